The average Bonchev–Trinajstić information content (AvgIpc) is 2.81. The van der Waals surface area contributed by atoms with Crippen molar-refractivity contribution in [1.29, 1.82) is 0 Å². The Labute approximate surface area is 133 Å². The van der Waals surface area contributed by atoms with E-state index in [0.29, 0.717) is 35.4 Å². The van der Waals surface area contributed by atoms with Crippen molar-refractivity contribution in [2.45, 2.75) is 19.4 Å². The van der Waals surface area contributed by atoms with Crippen LogP contribution in [-0.2, 0) is 7.05 Å². The molecule has 0 aliphatic carbocycles. The van der Waals surface area contributed by atoms with Crippen LogP contribution in [0.5, 0.6) is 0 Å². The van der Waals surface area contributed by atoms with E-state index in [9.17, 15) is 20.1 Å². The molecule has 0 amide bonds. The van der Waals surface area contributed by atoms with Crippen LogP contribution in [0.25, 0.3) is 11.0 Å². The van der Waals surface area contributed by atoms with Gasteiger partial charge >= 0.3 is 5.97 Å². The van der Waals surface area contributed by atoms with Gasteiger partial charge < -0.3 is 20.2 Å². The second-order valence-electron chi connectivity index (χ2n) is 5.98. The number of fused-ring (bicyclic) bond motifs is 1. The van der Waals surface area contributed by atoms with Crippen LogP contribution in [0.3, 0.4) is 0 Å². The van der Waals surface area contributed by atoms with Gasteiger partial charge in [0.25, 0.3) is 0 Å². The van der Waals surface area contributed by atoms with Crippen LogP contribution >= 0.6 is 0 Å². The number of aryl methyl sites for hydroxylation is 2. The maximum Gasteiger partial charge on any atom is 0.339 e. The van der Waals surface area contributed by atoms with Crippen molar-refractivity contribution in [3.05, 3.63) is 17.5 Å². The summed E-state index contributed by atoms with van der Waals surface area (Å²) in [6.07, 6.45) is 1.24. The fourth-order valence-corrected chi connectivity index (χ4v) is 3.27. The number of hydrogen-bond donors (Lipinski definition) is 3. The molecule has 0 radical (unpaired) electrons. The third kappa shape index (κ3) is 2.53. The van der Waals surface area contributed by atoms with Crippen molar-refractivity contribution in [3.8, 4) is 0 Å². The number of carbonyl (C=O) groups is 1. The number of nitrogens with zero attached hydrogens (tertiary/aromatic N) is 4. The highest BCUT2D eigenvalue weighted by Gasteiger charge is 2.31. The number of aliphatic hydroxyl groups is 2. The zero-order chi connectivity index (χ0) is 16.7. The van der Waals surface area contributed by atoms with E-state index in [4.69, 9.17) is 0 Å². The SMILES string of the molecule is Cc1nn(C)c2ncc(C(=O)O)c(N3CC[C@@H](CO)[C@H](O)C3)c12. The van der Waals surface area contributed by atoms with Gasteiger partial charge in [0.05, 0.1) is 22.9 Å². The molecule has 0 saturated carbocycles. The highest BCUT2D eigenvalue weighted by atomic mass is 16.4. The zero-order valence-electron chi connectivity index (χ0n) is 13.1. The van der Waals surface area contributed by atoms with Gasteiger partial charge in [0.2, 0.25) is 0 Å². The summed E-state index contributed by atoms with van der Waals surface area (Å²) in [5, 5.41) is 34.0. The predicted molar refractivity (Wildman–Crippen MR) is 83.6 cm³/mol. The Hall–Kier alpha value is -2.19. The lowest BCUT2D eigenvalue weighted by Gasteiger charge is -2.37. The first-order chi connectivity index (χ1) is 10.9. The molecule has 3 N–H and O–H groups in total. The van der Waals surface area contributed by atoms with Crippen molar-refractivity contribution in [1.82, 2.24) is 14.8 Å². The van der Waals surface area contributed by atoms with E-state index in [2.05, 4.69) is 10.1 Å². The van der Waals surface area contributed by atoms with Crippen LogP contribution in [0.2, 0.25) is 0 Å². The molecule has 0 aromatic carbocycles. The molecule has 2 aromatic rings. The van der Waals surface area contributed by atoms with Crippen LogP contribution in [-0.4, -0.2) is 61.9 Å². The Bertz CT molecular complexity index is 758. The van der Waals surface area contributed by atoms with Gasteiger partial charge in [0.15, 0.2) is 5.65 Å². The molecule has 0 unspecified atom stereocenters. The van der Waals surface area contributed by atoms with Gasteiger partial charge in [-0.05, 0) is 13.3 Å². The van der Waals surface area contributed by atoms with Gasteiger partial charge in [-0.2, -0.15) is 5.10 Å². The van der Waals surface area contributed by atoms with Crippen molar-refractivity contribution in [2.75, 3.05) is 24.6 Å². The molecule has 8 nitrogen and oxygen atoms in total. The Balaban J connectivity index is 2.15. The molecule has 2 atom stereocenters. The summed E-state index contributed by atoms with van der Waals surface area (Å²) in [5.74, 6) is -1.23. The summed E-state index contributed by atoms with van der Waals surface area (Å²) >= 11 is 0. The second-order valence-corrected chi connectivity index (χ2v) is 5.98. The lowest BCUT2D eigenvalue weighted by Crippen LogP contribution is -2.45. The number of rotatable bonds is 3. The van der Waals surface area contributed by atoms with E-state index in [1.807, 2.05) is 11.8 Å². The molecule has 2 aromatic heterocycles. The first-order valence-electron chi connectivity index (χ1n) is 7.53. The standard InChI is InChI=1S/C15H20N4O4/c1-8-12-13(19-4-3-9(7-20)11(21)6-19)10(15(22)23)5-16-14(12)18(2)17-8/h5,9,11,20-21H,3-4,6-7H2,1-2H3,(H,22,23)/t9-,11+/m0/s1. The minimum absolute atomic E-state index is 0.0710. The predicted octanol–water partition coefficient (Wildman–Crippen LogP) is 0.154. The molecular weight excluding hydrogens is 300 g/mol. The summed E-state index contributed by atoms with van der Waals surface area (Å²) in [6.45, 7) is 2.59. The Morgan fingerprint density at radius 1 is 1.48 bits per heavy atom. The van der Waals surface area contributed by atoms with E-state index in [1.165, 1.54) is 6.20 Å². The van der Waals surface area contributed by atoms with Gasteiger partial charge in [-0.3, -0.25) is 4.68 Å². The van der Waals surface area contributed by atoms with Gasteiger partial charge in [-0.25, -0.2) is 9.78 Å². The van der Waals surface area contributed by atoms with E-state index in [1.54, 1.807) is 11.7 Å². The van der Waals surface area contributed by atoms with E-state index in [-0.39, 0.29) is 24.6 Å². The maximum atomic E-state index is 11.6. The second kappa shape index (κ2) is 5.78. The number of carboxylic acids is 1. The molecule has 1 aliphatic rings. The summed E-state index contributed by atoms with van der Waals surface area (Å²) in [6, 6.07) is 0. The summed E-state index contributed by atoms with van der Waals surface area (Å²) in [4.78, 5) is 17.7. The topological polar surface area (TPSA) is 112 Å². The molecule has 1 saturated heterocycles. The summed E-state index contributed by atoms with van der Waals surface area (Å²) in [7, 11) is 1.76. The largest absolute Gasteiger partial charge is 0.478 e. The molecule has 1 fully saturated rings. The van der Waals surface area contributed by atoms with Gasteiger partial charge in [0.1, 0.15) is 5.56 Å². The molecule has 124 valence electrons. The number of carboxylic acid groups (broad SMARTS) is 1. The van der Waals surface area contributed by atoms with Crippen LogP contribution in [0.15, 0.2) is 6.20 Å². The molecule has 0 spiro atoms. The first-order valence-corrected chi connectivity index (χ1v) is 7.53. The minimum Gasteiger partial charge on any atom is -0.478 e. The van der Waals surface area contributed by atoms with Gasteiger partial charge in [-0.15, -0.1) is 0 Å². The van der Waals surface area contributed by atoms with E-state index < -0.39 is 12.1 Å². The lowest BCUT2D eigenvalue weighted by atomic mass is 9.93. The molecule has 1 aliphatic heterocycles. The average molecular weight is 320 g/mol. The van der Waals surface area contributed by atoms with Crippen molar-refractivity contribution >= 4 is 22.7 Å². The molecule has 3 heterocycles. The molecular formula is C15H20N4O4. The smallest absolute Gasteiger partial charge is 0.339 e. The van der Waals surface area contributed by atoms with E-state index >= 15 is 0 Å². The normalized spacial score (nSPS) is 21.8. The van der Waals surface area contributed by atoms with Crippen molar-refractivity contribution < 1.29 is 20.1 Å². The van der Waals surface area contributed by atoms with Crippen LogP contribution in [0, 0.1) is 12.8 Å². The van der Waals surface area contributed by atoms with Crippen LogP contribution in [0.4, 0.5) is 5.69 Å². The fourth-order valence-electron chi connectivity index (χ4n) is 3.27. The fraction of sp³-hybridized carbons (Fsp3) is 0.533. The van der Waals surface area contributed by atoms with Crippen LogP contribution < -0.4 is 4.90 Å². The highest BCUT2D eigenvalue weighted by Crippen LogP contribution is 2.34. The number of pyridine rings is 1. The number of piperidine rings is 1. The molecule has 0 bridgehead atoms. The Morgan fingerprint density at radius 2 is 2.22 bits per heavy atom. The summed E-state index contributed by atoms with van der Waals surface area (Å²) < 4.78 is 1.62. The highest BCUT2D eigenvalue weighted by molar-refractivity contribution is 6.04. The number of aliphatic hydroxyl groups excluding tert-OH is 2. The number of anilines is 1. The molecule has 3 rings (SSSR count). The quantitative estimate of drug-likeness (QED) is 0.738. The number of hydrogen-bond acceptors (Lipinski definition) is 6. The van der Waals surface area contributed by atoms with Crippen molar-refractivity contribution in [2.24, 2.45) is 13.0 Å². The number of aromatic nitrogens is 3. The van der Waals surface area contributed by atoms with E-state index in [0.717, 1.165) is 0 Å². The van der Waals surface area contributed by atoms with Gasteiger partial charge in [-0.1, -0.05) is 0 Å². The maximum absolute atomic E-state index is 11.6. The summed E-state index contributed by atoms with van der Waals surface area (Å²) in [5.41, 5.74) is 1.96. The third-order valence-corrected chi connectivity index (χ3v) is 4.50. The monoisotopic (exact) mass is 320 g/mol. The van der Waals surface area contributed by atoms with Crippen LogP contribution in [0.1, 0.15) is 22.5 Å². The number of aromatic carboxylic acids is 1. The third-order valence-electron chi connectivity index (χ3n) is 4.50. The Morgan fingerprint density at radius 3 is 2.83 bits per heavy atom. The molecule has 23 heavy (non-hydrogen) atoms. The number of β-amino-alcohol motifs (C(OH)–C–C–N with tert-alkyl or cyclic N) is 1. The Kier molecular flexibility index (Phi) is 3.95. The molecule has 8 heteroatoms. The first kappa shape index (κ1) is 15.7. The minimum atomic E-state index is -1.06. The van der Waals surface area contributed by atoms with Gasteiger partial charge in [0, 0.05) is 38.9 Å². The lowest BCUT2D eigenvalue weighted by molar-refractivity contribution is 0.0544. The van der Waals surface area contributed by atoms with Crippen molar-refractivity contribution in [3.63, 3.8) is 0 Å². The zero-order valence-corrected chi connectivity index (χ0v) is 13.1.